The van der Waals surface area contributed by atoms with Crippen molar-refractivity contribution in [3.63, 3.8) is 0 Å². The van der Waals surface area contributed by atoms with E-state index in [2.05, 4.69) is 36.6 Å². The first-order chi connectivity index (χ1) is 17.6. The molecule has 1 saturated carbocycles. The molecule has 1 amide bonds. The van der Waals surface area contributed by atoms with Crippen LogP contribution >= 0.6 is 0 Å². The number of hydrogen-bond donors (Lipinski definition) is 2. The van der Waals surface area contributed by atoms with Crippen molar-refractivity contribution in [1.82, 2.24) is 19.9 Å². The minimum absolute atomic E-state index is 0.0544. The monoisotopic (exact) mass is 492 g/mol. The van der Waals surface area contributed by atoms with Gasteiger partial charge in [-0.1, -0.05) is 6.08 Å². The van der Waals surface area contributed by atoms with Crippen LogP contribution in [0.2, 0.25) is 0 Å². The molecule has 11 heteroatoms. The van der Waals surface area contributed by atoms with Crippen LogP contribution in [-0.2, 0) is 9.53 Å². The number of nitriles is 1. The summed E-state index contributed by atoms with van der Waals surface area (Å²) in [5.41, 5.74) is 0.890. The number of carbonyl (C=O) groups excluding carboxylic acids is 1. The molecule has 3 aliphatic rings. The van der Waals surface area contributed by atoms with Crippen LogP contribution in [0.3, 0.4) is 0 Å². The Hall–Kier alpha value is -3.78. The molecule has 0 spiro atoms. The number of halogens is 1. The number of amides is 1. The van der Waals surface area contributed by atoms with Crippen molar-refractivity contribution in [2.24, 2.45) is 5.92 Å². The van der Waals surface area contributed by atoms with E-state index in [1.165, 1.54) is 0 Å². The first-order valence-corrected chi connectivity index (χ1v) is 12.4. The Labute approximate surface area is 209 Å². The van der Waals surface area contributed by atoms with E-state index in [-0.39, 0.29) is 29.3 Å². The molecule has 0 aromatic carbocycles. The molecule has 0 radical (unpaired) electrons. The van der Waals surface area contributed by atoms with Crippen molar-refractivity contribution in [2.45, 2.75) is 31.7 Å². The summed E-state index contributed by atoms with van der Waals surface area (Å²) >= 11 is 0. The summed E-state index contributed by atoms with van der Waals surface area (Å²) in [6.45, 7) is 3.89. The Morgan fingerprint density at radius 1 is 1.19 bits per heavy atom. The maximum atomic E-state index is 14.5. The lowest BCUT2D eigenvalue weighted by atomic mass is 10.1. The molecule has 2 aliphatic heterocycles. The first-order valence-electron chi connectivity index (χ1n) is 12.4. The third-order valence-corrected chi connectivity index (χ3v) is 6.60. The topological polar surface area (TPSA) is 119 Å². The third-order valence-electron chi connectivity index (χ3n) is 6.60. The number of nitrogens with zero attached hydrogens (tertiary/aromatic N) is 6. The molecule has 1 aliphatic carbocycles. The van der Waals surface area contributed by atoms with Crippen LogP contribution in [0.5, 0.6) is 0 Å². The lowest BCUT2D eigenvalue weighted by molar-refractivity contribution is -0.127. The number of ether oxygens (including phenoxy) is 1. The molecule has 2 aromatic heterocycles. The number of aromatic nitrogens is 3. The third kappa shape index (κ3) is 5.71. The number of rotatable bonds is 8. The predicted molar refractivity (Wildman–Crippen MR) is 132 cm³/mol. The average molecular weight is 493 g/mol. The summed E-state index contributed by atoms with van der Waals surface area (Å²) < 4.78 is 19.8. The Kier molecular flexibility index (Phi) is 7.23. The largest absolute Gasteiger partial charge is 0.378 e. The molecular weight excluding hydrogens is 463 g/mol. The van der Waals surface area contributed by atoms with Gasteiger partial charge in [-0.3, -0.25) is 4.79 Å². The van der Waals surface area contributed by atoms with Gasteiger partial charge in [-0.15, -0.1) is 0 Å². The number of carbonyl (C=O) groups is 1. The van der Waals surface area contributed by atoms with Crippen LogP contribution in [0.1, 0.15) is 25.7 Å². The van der Waals surface area contributed by atoms with Gasteiger partial charge in [0.25, 0.3) is 5.91 Å². The van der Waals surface area contributed by atoms with Gasteiger partial charge in [0.15, 0.2) is 11.6 Å². The molecule has 1 atom stereocenters. The van der Waals surface area contributed by atoms with E-state index < -0.39 is 5.82 Å². The molecular formula is C25H29FN8O2. The fourth-order valence-corrected chi connectivity index (χ4v) is 4.46. The summed E-state index contributed by atoms with van der Waals surface area (Å²) in [6, 6.07) is 5.70. The quantitative estimate of drug-likeness (QED) is 0.423. The van der Waals surface area contributed by atoms with Crippen molar-refractivity contribution in [1.29, 1.82) is 5.26 Å². The van der Waals surface area contributed by atoms with Gasteiger partial charge < -0.3 is 25.2 Å². The number of likely N-dealkylation sites (tertiary alicyclic amines) is 1. The molecule has 0 bridgehead atoms. The molecule has 5 rings (SSSR count). The molecule has 4 heterocycles. The molecule has 2 saturated heterocycles. The highest BCUT2D eigenvalue weighted by atomic mass is 19.1. The van der Waals surface area contributed by atoms with Crippen molar-refractivity contribution in [3.8, 4) is 6.07 Å². The van der Waals surface area contributed by atoms with Crippen molar-refractivity contribution in [3.05, 3.63) is 42.0 Å². The van der Waals surface area contributed by atoms with Crippen LogP contribution in [-0.4, -0.2) is 71.2 Å². The Morgan fingerprint density at radius 2 is 2.03 bits per heavy atom. The van der Waals surface area contributed by atoms with Gasteiger partial charge in [-0.2, -0.15) is 10.2 Å². The molecule has 10 nitrogen and oxygen atoms in total. The minimum atomic E-state index is -0.580. The van der Waals surface area contributed by atoms with Crippen LogP contribution in [0.25, 0.3) is 0 Å². The Bertz CT molecular complexity index is 1160. The zero-order valence-electron chi connectivity index (χ0n) is 20.0. The van der Waals surface area contributed by atoms with E-state index in [0.29, 0.717) is 37.9 Å². The van der Waals surface area contributed by atoms with Crippen LogP contribution < -0.4 is 15.5 Å². The van der Waals surface area contributed by atoms with Gasteiger partial charge in [0.2, 0.25) is 5.95 Å². The molecule has 3 fully saturated rings. The lowest BCUT2D eigenvalue weighted by Gasteiger charge is -2.27. The number of nitrogens with one attached hydrogen (secondary N) is 2. The lowest BCUT2D eigenvalue weighted by Crippen LogP contribution is -2.40. The first kappa shape index (κ1) is 23.9. The summed E-state index contributed by atoms with van der Waals surface area (Å²) in [6.07, 6.45) is 8.26. The van der Waals surface area contributed by atoms with Gasteiger partial charge in [0, 0.05) is 32.2 Å². The predicted octanol–water partition coefficient (Wildman–Crippen LogP) is 2.85. The van der Waals surface area contributed by atoms with Gasteiger partial charge in [0.1, 0.15) is 17.5 Å². The number of anilines is 4. The highest BCUT2D eigenvalue weighted by molar-refractivity contribution is 5.97. The normalized spacial score (nSPS) is 20.2. The number of hydrogen-bond acceptors (Lipinski definition) is 9. The van der Waals surface area contributed by atoms with E-state index in [4.69, 9.17) is 4.74 Å². The molecule has 2 aromatic rings. The average Bonchev–Trinajstić information content (AvgIpc) is 3.62. The maximum Gasteiger partial charge on any atom is 0.264 e. The summed E-state index contributed by atoms with van der Waals surface area (Å²) in [5, 5.41) is 15.5. The summed E-state index contributed by atoms with van der Waals surface area (Å²) in [7, 11) is 0. The van der Waals surface area contributed by atoms with Crippen molar-refractivity contribution < 1.29 is 13.9 Å². The smallest absolute Gasteiger partial charge is 0.264 e. The fraction of sp³-hybridized carbons (Fsp3) is 0.480. The van der Waals surface area contributed by atoms with E-state index >= 15 is 0 Å². The van der Waals surface area contributed by atoms with Gasteiger partial charge >= 0.3 is 0 Å². The van der Waals surface area contributed by atoms with Crippen LogP contribution in [0, 0.1) is 23.1 Å². The highest BCUT2D eigenvalue weighted by Crippen LogP contribution is 2.32. The highest BCUT2D eigenvalue weighted by Gasteiger charge is 2.32. The van der Waals surface area contributed by atoms with Gasteiger partial charge in [0.05, 0.1) is 31.3 Å². The van der Waals surface area contributed by atoms with Crippen molar-refractivity contribution >= 4 is 29.2 Å². The van der Waals surface area contributed by atoms with Crippen molar-refractivity contribution in [2.75, 3.05) is 54.9 Å². The number of morpholine rings is 1. The summed E-state index contributed by atoms with van der Waals surface area (Å²) in [5.74, 6) is 0.677. The van der Waals surface area contributed by atoms with E-state index in [1.807, 2.05) is 12.1 Å². The van der Waals surface area contributed by atoms with Gasteiger partial charge in [-0.05, 0) is 43.7 Å². The molecule has 2 N–H and O–H groups in total. The van der Waals surface area contributed by atoms with E-state index in [1.54, 1.807) is 17.2 Å². The second kappa shape index (κ2) is 10.9. The standard InChI is InChI=1S/C25H29FN8O2/c26-21-16-30-25(31-19-5-6-22(28-14-19)33-8-10-36-11-9-33)32-23(21)29-15-20-2-1-7-34(20)24(35)18(13-27)12-17-3-4-17/h5-6,12,14,16-17,20H,1-4,7-11,15H2,(H2,29,30,31,32)/b18-12-. The second-order valence-corrected chi connectivity index (χ2v) is 9.22. The molecule has 188 valence electrons. The van der Waals surface area contributed by atoms with Gasteiger partial charge in [-0.25, -0.2) is 14.4 Å². The van der Waals surface area contributed by atoms with Crippen LogP contribution in [0.15, 0.2) is 36.2 Å². The molecule has 1 unspecified atom stereocenters. The zero-order valence-corrected chi connectivity index (χ0v) is 20.0. The van der Waals surface area contributed by atoms with Crippen LogP contribution in [0.4, 0.5) is 27.7 Å². The Balaban J connectivity index is 1.20. The second-order valence-electron chi connectivity index (χ2n) is 9.22. The maximum absolute atomic E-state index is 14.5. The zero-order chi connectivity index (χ0) is 24.9. The number of pyridine rings is 1. The summed E-state index contributed by atoms with van der Waals surface area (Å²) in [4.78, 5) is 29.6. The fourth-order valence-electron chi connectivity index (χ4n) is 4.46. The minimum Gasteiger partial charge on any atom is -0.378 e. The number of allylic oxidation sites excluding steroid dienone is 1. The molecule has 36 heavy (non-hydrogen) atoms. The SMILES string of the molecule is N#C/C(=C/C1CC1)C(=O)N1CCCC1CNc1nc(Nc2ccc(N3CCOCC3)nc2)ncc1F. The van der Waals surface area contributed by atoms with E-state index in [9.17, 15) is 14.4 Å². The Morgan fingerprint density at radius 3 is 2.75 bits per heavy atom. The van der Waals surface area contributed by atoms with E-state index in [0.717, 1.165) is 50.8 Å².